The summed E-state index contributed by atoms with van der Waals surface area (Å²) < 4.78 is 0. The normalized spacial score (nSPS) is 11.5. The van der Waals surface area contributed by atoms with Gasteiger partial charge in [0, 0.05) is 16.7 Å². The summed E-state index contributed by atoms with van der Waals surface area (Å²) in [5, 5.41) is 9.65. The van der Waals surface area contributed by atoms with Crippen molar-refractivity contribution in [1.29, 1.82) is 0 Å². The lowest BCUT2D eigenvalue weighted by Gasteiger charge is -2.00. The molecule has 14 heavy (non-hydrogen) atoms. The van der Waals surface area contributed by atoms with Crippen LogP contribution in [-0.2, 0) is 0 Å². The Morgan fingerprint density at radius 1 is 1.43 bits per heavy atom. The summed E-state index contributed by atoms with van der Waals surface area (Å²) in [6, 6.07) is 4.57. The molecule has 0 amide bonds. The molecular weight excluding hydrogens is 223 g/mol. The summed E-state index contributed by atoms with van der Waals surface area (Å²) in [4.78, 5) is 11.4. The summed E-state index contributed by atoms with van der Waals surface area (Å²) in [5.41, 5.74) is 0.324. The molecular formula is C10H8Cl2O2. The highest BCUT2D eigenvalue weighted by atomic mass is 35.5. The number of aliphatic hydroxyl groups is 1. The molecule has 0 aliphatic heterocycles. The Balaban J connectivity index is 3.08. The van der Waals surface area contributed by atoms with Crippen molar-refractivity contribution in [2.45, 2.75) is 6.92 Å². The maximum atomic E-state index is 11.4. The van der Waals surface area contributed by atoms with Gasteiger partial charge in [0.2, 0.25) is 0 Å². The molecule has 0 atom stereocenters. The van der Waals surface area contributed by atoms with Crippen LogP contribution in [0.5, 0.6) is 0 Å². The van der Waals surface area contributed by atoms with Crippen molar-refractivity contribution in [3.63, 3.8) is 0 Å². The van der Waals surface area contributed by atoms with Crippen LogP contribution in [0, 0.1) is 0 Å². The van der Waals surface area contributed by atoms with Gasteiger partial charge in [-0.05, 0) is 25.1 Å². The van der Waals surface area contributed by atoms with Gasteiger partial charge in [-0.2, -0.15) is 0 Å². The van der Waals surface area contributed by atoms with E-state index in [2.05, 4.69) is 0 Å². The van der Waals surface area contributed by atoms with E-state index in [-0.39, 0.29) is 16.6 Å². The molecule has 0 spiro atoms. The molecule has 1 N–H and O–H groups in total. The SMILES string of the molecule is C/C(O)=C/C(=O)c1ccc(Cl)cc1Cl. The van der Waals surface area contributed by atoms with Gasteiger partial charge in [-0.15, -0.1) is 0 Å². The topological polar surface area (TPSA) is 37.3 Å². The Labute approximate surface area is 91.8 Å². The first-order chi connectivity index (χ1) is 6.50. The van der Waals surface area contributed by atoms with Crippen molar-refractivity contribution >= 4 is 29.0 Å². The number of aliphatic hydroxyl groups excluding tert-OH is 1. The molecule has 0 bridgehead atoms. The van der Waals surface area contributed by atoms with Gasteiger partial charge in [0.15, 0.2) is 5.78 Å². The highest BCUT2D eigenvalue weighted by Gasteiger charge is 2.08. The summed E-state index contributed by atoms with van der Waals surface area (Å²) in [5.74, 6) is -0.396. The van der Waals surface area contributed by atoms with Crippen LogP contribution in [-0.4, -0.2) is 10.9 Å². The Kier molecular flexibility index (Phi) is 3.55. The average molecular weight is 231 g/mol. The number of allylic oxidation sites excluding steroid dienone is 2. The maximum Gasteiger partial charge on any atom is 0.190 e. The molecule has 1 aromatic carbocycles. The molecule has 1 aromatic rings. The minimum atomic E-state index is -0.341. The van der Waals surface area contributed by atoms with Gasteiger partial charge in [-0.25, -0.2) is 0 Å². The fourth-order valence-corrected chi connectivity index (χ4v) is 1.46. The lowest BCUT2D eigenvalue weighted by molar-refractivity contribution is 0.104. The van der Waals surface area contributed by atoms with Crippen molar-refractivity contribution in [2.75, 3.05) is 0 Å². The van der Waals surface area contributed by atoms with E-state index in [1.807, 2.05) is 0 Å². The largest absolute Gasteiger partial charge is 0.512 e. The van der Waals surface area contributed by atoms with Crippen LogP contribution in [0.25, 0.3) is 0 Å². The molecule has 1 rings (SSSR count). The average Bonchev–Trinajstić information content (AvgIpc) is 2.01. The summed E-state index contributed by atoms with van der Waals surface area (Å²) in [7, 11) is 0. The molecule has 0 unspecified atom stereocenters. The highest BCUT2D eigenvalue weighted by molar-refractivity contribution is 6.37. The zero-order valence-electron chi connectivity index (χ0n) is 7.42. The van der Waals surface area contributed by atoms with E-state index in [9.17, 15) is 4.79 Å². The molecule has 74 valence electrons. The minimum absolute atomic E-state index is 0.0546. The lowest BCUT2D eigenvalue weighted by Crippen LogP contribution is -1.96. The number of benzene rings is 1. The monoisotopic (exact) mass is 230 g/mol. The van der Waals surface area contributed by atoms with Gasteiger partial charge in [-0.1, -0.05) is 23.2 Å². The second-order valence-corrected chi connectivity index (χ2v) is 3.62. The van der Waals surface area contributed by atoms with Crippen LogP contribution in [0.15, 0.2) is 30.0 Å². The van der Waals surface area contributed by atoms with Crippen molar-refractivity contribution in [3.8, 4) is 0 Å². The Morgan fingerprint density at radius 2 is 2.07 bits per heavy atom. The van der Waals surface area contributed by atoms with Crippen molar-refractivity contribution < 1.29 is 9.90 Å². The third-order valence-corrected chi connectivity index (χ3v) is 2.08. The van der Waals surface area contributed by atoms with Gasteiger partial charge in [0.1, 0.15) is 0 Å². The van der Waals surface area contributed by atoms with Crippen LogP contribution in [0.3, 0.4) is 0 Å². The molecule has 0 aliphatic carbocycles. The first kappa shape index (κ1) is 11.1. The number of halogens is 2. The van der Waals surface area contributed by atoms with Crippen LogP contribution in [0.4, 0.5) is 0 Å². The van der Waals surface area contributed by atoms with Crippen molar-refractivity contribution in [2.24, 2.45) is 0 Å². The Morgan fingerprint density at radius 3 is 2.57 bits per heavy atom. The Hall–Kier alpha value is -0.990. The van der Waals surface area contributed by atoms with E-state index in [4.69, 9.17) is 28.3 Å². The van der Waals surface area contributed by atoms with Gasteiger partial charge in [0.05, 0.1) is 10.8 Å². The smallest absolute Gasteiger partial charge is 0.190 e. The van der Waals surface area contributed by atoms with Gasteiger partial charge in [0.25, 0.3) is 0 Å². The van der Waals surface area contributed by atoms with Crippen LogP contribution < -0.4 is 0 Å². The van der Waals surface area contributed by atoms with E-state index in [0.29, 0.717) is 10.6 Å². The maximum absolute atomic E-state index is 11.4. The van der Waals surface area contributed by atoms with E-state index in [1.165, 1.54) is 19.1 Å². The molecule has 4 heteroatoms. The molecule has 0 radical (unpaired) electrons. The second kappa shape index (κ2) is 4.49. The summed E-state index contributed by atoms with van der Waals surface area (Å²) in [6.07, 6.45) is 1.11. The third-order valence-electron chi connectivity index (χ3n) is 1.54. The van der Waals surface area contributed by atoms with E-state index in [1.54, 1.807) is 6.07 Å². The fourth-order valence-electron chi connectivity index (χ4n) is 0.957. The van der Waals surface area contributed by atoms with Crippen LogP contribution in [0.2, 0.25) is 10.0 Å². The predicted molar refractivity (Wildman–Crippen MR) is 57.2 cm³/mol. The van der Waals surface area contributed by atoms with Crippen molar-refractivity contribution in [3.05, 3.63) is 45.6 Å². The number of carbonyl (C=O) groups excluding carboxylic acids is 1. The predicted octanol–water partition coefficient (Wildman–Crippen LogP) is 3.64. The molecule has 0 fully saturated rings. The van der Waals surface area contributed by atoms with Crippen molar-refractivity contribution in [1.82, 2.24) is 0 Å². The molecule has 0 saturated heterocycles. The first-order valence-corrected chi connectivity index (χ1v) is 4.63. The van der Waals surface area contributed by atoms with Gasteiger partial charge >= 0.3 is 0 Å². The molecule has 0 saturated carbocycles. The fraction of sp³-hybridized carbons (Fsp3) is 0.100. The second-order valence-electron chi connectivity index (χ2n) is 2.77. The lowest BCUT2D eigenvalue weighted by atomic mass is 10.1. The highest BCUT2D eigenvalue weighted by Crippen LogP contribution is 2.21. The quantitative estimate of drug-likeness (QED) is 0.479. The summed E-state index contributed by atoms with van der Waals surface area (Å²) >= 11 is 11.5. The van der Waals surface area contributed by atoms with Crippen LogP contribution >= 0.6 is 23.2 Å². The number of hydrogen-bond acceptors (Lipinski definition) is 2. The first-order valence-electron chi connectivity index (χ1n) is 3.87. The standard InChI is InChI=1S/C10H8Cl2O2/c1-6(13)4-10(14)8-3-2-7(11)5-9(8)12/h2-5,13H,1H3/b6-4-. The number of carbonyl (C=O) groups is 1. The van der Waals surface area contributed by atoms with Crippen LogP contribution in [0.1, 0.15) is 17.3 Å². The molecule has 0 heterocycles. The molecule has 0 aromatic heterocycles. The molecule has 2 nitrogen and oxygen atoms in total. The zero-order valence-corrected chi connectivity index (χ0v) is 8.93. The number of rotatable bonds is 2. The van der Waals surface area contributed by atoms with Gasteiger partial charge < -0.3 is 5.11 Å². The number of ketones is 1. The van der Waals surface area contributed by atoms with E-state index in [0.717, 1.165) is 6.08 Å². The van der Waals surface area contributed by atoms with E-state index >= 15 is 0 Å². The summed E-state index contributed by atoms with van der Waals surface area (Å²) in [6.45, 7) is 1.42. The van der Waals surface area contributed by atoms with E-state index < -0.39 is 0 Å². The van der Waals surface area contributed by atoms with Gasteiger partial charge in [-0.3, -0.25) is 4.79 Å². The number of hydrogen-bond donors (Lipinski definition) is 1. The minimum Gasteiger partial charge on any atom is -0.512 e. The molecule has 0 aliphatic rings. The third kappa shape index (κ3) is 2.76. The zero-order chi connectivity index (χ0) is 10.7. The Bertz CT molecular complexity index is 393.